The summed E-state index contributed by atoms with van der Waals surface area (Å²) < 4.78 is 0. The van der Waals surface area contributed by atoms with Crippen LogP contribution in [0.15, 0.2) is 0 Å². The summed E-state index contributed by atoms with van der Waals surface area (Å²) in [7, 11) is -0.252. The van der Waals surface area contributed by atoms with Crippen molar-refractivity contribution in [2.75, 3.05) is 0 Å². The number of rotatable bonds is 4. The van der Waals surface area contributed by atoms with E-state index in [0.29, 0.717) is 0 Å². The third-order valence-corrected chi connectivity index (χ3v) is 6.67. The Labute approximate surface area is 93.2 Å². The van der Waals surface area contributed by atoms with E-state index in [4.69, 9.17) is 0 Å². The van der Waals surface area contributed by atoms with Gasteiger partial charge in [-0.25, -0.2) is 0 Å². The van der Waals surface area contributed by atoms with Gasteiger partial charge in [0.2, 0.25) is 0 Å². The van der Waals surface area contributed by atoms with Gasteiger partial charge >= 0.3 is 0 Å². The number of halogens is 1. The monoisotopic (exact) mass is 259 g/mol. The van der Waals surface area contributed by atoms with Crippen LogP contribution in [-0.4, -0.2) is 8.80 Å². The molecule has 13 heavy (non-hydrogen) atoms. The van der Waals surface area contributed by atoms with Gasteiger partial charge in [-0.2, -0.15) is 0 Å². The predicted octanol–water partition coefficient (Wildman–Crippen LogP) is 4.44. The van der Waals surface area contributed by atoms with E-state index in [9.17, 15) is 0 Å². The molecule has 0 aromatic heterocycles. The molecule has 75 valence electrons. The summed E-state index contributed by atoms with van der Waals surface area (Å²) in [6.07, 6.45) is 1.05. The molecular formula is C11H20BrSi. The maximum absolute atomic E-state index is 3.15. The molecule has 0 nitrogen and oxygen atoms in total. The van der Waals surface area contributed by atoms with Gasteiger partial charge in [0.15, 0.2) is 0 Å². The van der Waals surface area contributed by atoms with Crippen LogP contribution in [0.4, 0.5) is 0 Å². The second-order valence-corrected chi connectivity index (χ2v) is 8.88. The molecule has 0 heterocycles. The van der Waals surface area contributed by atoms with Crippen molar-refractivity contribution >= 4 is 24.7 Å². The fraction of sp³-hybridized carbons (Fsp3) is 0.818. The smallest absolute Gasteiger partial charge is 0.0574 e. The van der Waals surface area contributed by atoms with E-state index in [1.807, 2.05) is 0 Å². The number of hydrogen-bond acceptors (Lipinski definition) is 0. The predicted molar refractivity (Wildman–Crippen MR) is 66.7 cm³/mol. The standard InChI is InChI=1S/C11H20BrSi/c1-9(2)13(10(3)4)11(5)7-6-8-12/h9-11H,7H2,1-5H3. The van der Waals surface area contributed by atoms with Crippen molar-refractivity contribution in [2.45, 2.75) is 57.7 Å². The van der Waals surface area contributed by atoms with Crippen molar-refractivity contribution in [1.29, 1.82) is 0 Å². The Balaban J connectivity index is 4.25. The molecule has 0 N–H and O–H groups in total. The molecule has 0 aliphatic heterocycles. The summed E-state index contributed by atoms with van der Waals surface area (Å²) in [5, 5.41) is 0. The quantitative estimate of drug-likeness (QED) is 0.518. The average Bonchev–Trinajstić information content (AvgIpc) is 1.99. The first-order chi connectivity index (χ1) is 6.00. The van der Waals surface area contributed by atoms with Crippen LogP contribution in [0.1, 0.15) is 41.0 Å². The molecular weight excluding hydrogens is 240 g/mol. The minimum absolute atomic E-state index is 0.252. The lowest BCUT2D eigenvalue weighted by molar-refractivity contribution is 0.830. The maximum atomic E-state index is 3.15. The fourth-order valence-corrected chi connectivity index (χ4v) is 6.22. The van der Waals surface area contributed by atoms with Crippen molar-refractivity contribution in [3.8, 4) is 10.8 Å². The third-order valence-electron chi connectivity index (χ3n) is 2.38. The van der Waals surface area contributed by atoms with Gasteiger partial charge in [-0.15, -0.1) is 0 Å². The largest absolute Gasteiger partial charge is 0.0908 e. The Morgan fingerprint density at radius 2 is 1.54 bits per heavy atom. The van der Waals surface area contributed by atoms with Crippen molar-refractivity contribution < 1.29 is 0 Å². The van der Waals surface area contributed by atoms with Crippen LogP contribution in [0.3, 0.4) is 0 Å². The fourth-order valence-electron chi connectivity index (χ4n) is 2.11. The molecule has 0 saturated carbocycles. The summed E-state index contributed by atoms with van der Waals surface area (Å²) in [6, 6.07) is 0. The molecule has 0 fully saturated rings. The highest BCUT2D eigenvalue weighted by molar-refractivity contribution is 9.12. The molecule has 0 aromatic carbocycles. The maximum Gasteiger partial charge on any atom is 0.0574 e. The SMILES string of the molecule is CC(C)[Si](C(C)C)C(C)CC#CBr. The minimum atomic E-state index is -0.252. The molecule has 0 aliphatic carbocycles. The Kier molecular flexibility index (Phi) is 6.80. The van der Waals surface area contributed by atoms with E-state index in [2.05, 4.69) is 61.3 Å². The highest BCUT2D eigenvalue weighted by Crippen LogP contribution is 2.31. The van der Waals surface area contributed by atoms with Crippen LogP contribution < -0.4 is 0 Å². The summed E-state index contributed by atoms with van der Waals surface area (Å²) in [5.41, 5.74) is 2.52. The zero-order valence-electron chi connectivity index (χ0n) is 9.32. The van der Waals surface area contributed by atoms with Gasteiger partial charge in [0.25, 0.3) is 0 Å². The zero-order chi connectivity index (χ0) is 10.4. The molecule has 0 aliphatic rings. The van der Waals surface area contributed by atoms with E-state index in [0.717, 1.165) is 23.0 Å². The highest BCUT2D eigenvalue weighted by Gasteiger charge is 2.25. The molecule has 1 atom stereocenters. The molecule has 0 amide bonds. The van der Waals surface area contributed by atoms with Crippen LogP contribution in [0, 0.1) is 10.8 Å². The second-order valence-electron chi connectivity index (χ2n) is 4.19. The molecule has 0 saturated heterocycles. The summed E-state index contributed by atoms with van der Waals surface area (Å²) in [4.78, 5) is 2.81. The van der Waals surface area contributed by atoms with Gasteiger partial charge < -0.3 is 0 Å². The first kappa shape index (κ1) is 13.3. The van der Waals surface area contributed by atoms with E-state index < -0.39 is 0 Å². The Morgan fingerprint density at radius 1 is 1.08 bits per heavy atom. The lowest BCUT2D eigenvalue weighted by Crippen LogP contribution is -2.25. The Hall–Kier alpha value is 0.257. The van der Waals surface area contributed by atoms with Crippen molar-refractivity contribution in [1.82, 2.24) is 0 Å². The highest BCUT2D eigenvalue weighted by atomic mass is 79.9. The van der Waals surface area contributed by atoms with Crippen LogP contribution in [0.2, 0.25) is 16.6 Å². The van der Waals surface area contributed by atoms with Crippen molar-refractivity contribution in [3.05, 3.63) is 0 Å². The van der Waals surface area contributed by atoms with Crippen LogP contribution in [-0.2, 0) is 0 Å². The molecule has 2 heteroatoms. The van der Waals surface area contributed by atoms with E-state index >= 15 is 0 Å². The molecule has 0 spiro atoms. The van der Waals surface area contributed by atoms with Gasteiger partial charge in [-0.05, 0) is 10.4 Å². The summed E-state index contributed by atoms with van der Waals surface area (Å²) in [6.45, 7) is 11.8. The van der Waals surface area contributed by atoms with Gasteiger partial charge in [-0.3, -0.25) is 0 Å². The van der Waals surface area contributed by atoms with Gasteiger partial charge in [-0.1, -0.05) is 51.6 Å². The van der Waals surface area contributed by atoms with Crippen LogP contribution >= 0.6 is 15.9 Å². The van der Waals surface area contributed by atoms with E-state index in [-0.39, 0.29) is 8.80 Å². The molecule has 0 bridgehead atoms. The zero-order valence-corrected chi connectivity index (χ0v) is 11.9. The van der Waals surface area contributed by atoms with Gasteiger partial charge in [0.05, 0.1) is 8.80 Å². The second kappa shape index (κ2) is 6.67. The van der Waals surface area contributed by atoms with E-state index in [1.54, 1.807) is 0 Å². The topological polar surface area (TPSA) is 0 Å². The lowest BCUT2D eigenvalue weighted by Gasteiger charge is -2.27. The first-order valence-electron chi connectivity index (χ1n) is 4.95. The minimum Gasteiger partial charge on any atom is -0.0908 e. The molecule has 0 rings (SSSR count). The average molecular weight is 260 g/mol. The normalized spacial score (nSPS) is 13.3. The lowest BCUT2D eigenvalue weighted by atomic mass is 10.3. The van der Waals surface area contributed by atoms with E-state index in [1.165, 1.54) is 0 Å². The third kappa shape index (κ3) is 4.88. The number of hydrogen-bond donors (Lipinski definition) is 0. The van der Waals surface area contributed by atoms with Gasteiger partial charge in [0.1, 0.15) is 0 Å². The Bertz CT molecular complexity index is 180. The molecule has 1 radical (unpaired) electrons. The Morgan fingerprint density at radius 3 is 1.85 bits per heavy atom. The van der Waals surface area contributed by atoms with Crippen molar-refractivity contribution in [3.63, 3.8) is 0 Å². The molecule has 1 unspecified atom stereocenters. The van der Waals surface area contributed by atoms with Crippen LogP contribution in [0.5, 0.6) is 0 Å². The first-order valence-corrected chi connectivity index (χ1v) is 7.48. The van der Waals surface area contributed by atoms with Crippen molar-refractivity contribution in [2.24, 2.45) is 0 Å². The summed E-state index contributed by atoms with van der Waals surface area (Å²) >= 11 is 3.15. The molecule has 0 aromatic rings. The summed E-state index contributed by atoms with van der Waals surface area (Å²) in [5.74, 6) is 3.13. The van der Waals surface area contributed by atoms with Gasteiger partial charge in [0, 0.05) is 22.4 Å². The van der Waals surface area contributed by atoms with Crippen LogP contribution in [0.25, 0.3) is 0 Å².